The Hall–Kier alpha value is -2.35. The van der Waals surface area contributed by atoms with Crippen LogP contribution in [-0.2, 0) is 19.4 Å². The van der Waals surface area contributed by atoms with Crippen LogP contribution in [0.15, 0.2) is 58.5 Å². The molecule has 2 aliphatic rings. The van der Waals surface area contributed by atoms with E-state index in [4.69, 9.17) is 0 Å². The Kier molecular flexibility index (Phi) is 5.43. The molecule has 0 spiro atoms. The SMILES string of the molecule is Cc1cc(NC(=O)N2Cc3c(sc4c3CCCC4)-n3cccc3C2c2cccs2)ccc1Br. The summed E-state index contributed by atoms with van der Waals surface area (Å²) in [4.78, 5) is 18.6. The van der Waals surface area contributed by atoms with E-state index in [-0.39, 0.29) is 12.1 Å². The fourth-order valence-electron chi connectivity index (χ4n) is 5.05. The van der Waals surface area contributed by atoms with Crippen molar-refractivity contribution >= 4 is 50.3 Å². The van der Waals surface area contributed by atoms with Gasteiger partial charge < -0.3 is 14.8 Å². The molecule has 1 unspecified atom stereocenters. The molecule has 4 aromatic rings. The van der Waals surface area contributed by atoms with Gasteiger partial charge in [-0.15, -0.1) is 22.7 Å². The van der Waals surface area contributed by atoms with Crippen molar-refractivity contribution in [2.75, 3.05) is 5.32 Å². The summed E-state index contributed by atoms with van der Waals surface area (Å²) in [7, 11) is 0. The van der Waals surface area contributed by atoms with E-state index in [9.17, 15) is 4.79 Å². The van der Waals surface area contributed by atoms with Crippen LogP contribution in [0, 0.1) is 6.92 Å². The number of carbonyl (C=O) groups excluding carboxylic acids is 1. The molecule has 6 rings (SSSR count). The number of aryl methyl sites for hydroxylation is 2. The van der Waals surface area contributed by atoms with E-state index in [1.165, 1.54) is 38.7 Å². The smallest absolute Gasteiger partial charge is 0.310 e. The van der Waals surface area contributed by atoms with E-state index in [1.54, 1.807) is 11.3 Å². The van der Waals surface area contributed by atoms with Crippen molar-refractivity contribution < 1.29 is 4.79 Å². The van der Waals surface area contributed by atoms with Crippen LogP contribution in [0.2, 0.25) is 0 Å². The molecule has 4 nitrogen and oxygen atoms in total. The van der Waals surface area contributed by atoms with E-state index in [1.807, 2.05) is 41.4 Å². The Morgan fingerprint density at radius 2 is 2.00 bits per heavy atom. The van der Waals surface area contributed by atoms with Gasteiger partial charge >= 0.3 is 6.03 Å². The fraction of sp³-hybridized carbons (Fsp3) is 0.269. The third-order valence-electron chi connectivity index (χ3n) is 6.66. The van der Waals surface area contributed by atoms with Gasteiger partial charge in [0.2, 0.25) is 0 Å². The third kappa shape index (κ3) is 3.66. The van der Waals surface area contributed by atoms with Crippen LogP contribution in [0.25, 0.3) is 5.00 Å². The average Bonchev–Trinajstić information content (AvgIpc) is 3.56. The molecule has 33 heavy (non-hydrogen) atoms. The summed E-state index contributed by atoms with van der Waals surface area (Å²) in [5, 5.41) is 6.58. The summed E-state index contributed by atoms with van der Waals surface area (Å²) in [6.07, 6.45) is 6.92. The molecule has 0 bridgehead atoms. The first-order valence-electron chi connectivity index (χ1n) is 11.3. The van der Waals surface area contributed by atoms with Crippen LogP contribution in [0.3, 0.4) is 0 Å². The van der Waals surface area contributed by atoms with Gasteiger partial charge in [-0.3, -0.25) is 0 Å². The molecule has 1 aliphatic carbocycles. The summed E-state index contributed by atoms with van der Waals surface area (Å²) in [5.74, 6) is 0. The molecule has 0 radical (unpaired) electrons. The predicted molar refractivity (Wildman–Crippen MR) is 140 cm³/mol. The lowest BCUT2D eigenvalue weighted by Crippen LogP contribution is -2.37. The number of urea groups is 1. The van der Waals surface area contributed by atoms with Crippen LogP contribution in [0.4, 0.5) is 10.5 Å². The van der Waals surface area contributed by atoms with Crippen LogP contribution >= 0.6 is 38.6 Å². The zero-order chi connectivity index (χ0) is 22.5. The maximum atomic E-state index is 13.9. The second kappa shape index (κ2) is 8.46. The molecule has 1 atom stereocenters. The maximum absolute atomic E-state index is 13.9. The number of anilines is 1. The van der Waals surface area contributed by atoms with Gasteiger partial charge in [-0.2, -0.15) is 0 Å². The van der Waals surface area contributed by atoms with Crippen molar-refractivity contribution in [1.29, 1.82) is 0 Å². The lowest BCUT2D eigenvalue weighted by Gasteiger charge is -2.30. The minimum Gasteiger partial charge on any atom is -0.310 e. The van der Waals surface area contributed by atoms with Gasteiger partial charge in [0.25, 0.3) is 0 Å². The number of aromatic nitrogens is 1. The van der Waals surface area contributed by atoms with Crippen molar-refractivity contribution in [3.05, 3.63) is 90.7 Å². The van der Waals surface area contributed by atoms with Crippen molar-refractivity contribution in [2.45, 2.75) is 45.2 Å². The van der Waals surface area contributed by atoms with E-state index in [0.29, 0.717) is 6.54 Å². The number of benzene rings is 1. The highest BCUT2D eigenvalue weighted by molar-refractivity contribution is 9.10. The quantitative estimate of drug-likeness (QED) is 0.279. The average molecular weight is 539 g/mol. The van der Waals surface area contributed by atoms with Gasteiger partial charge in [0.1, 0.15) is 11.0 Å². The number of thiophene rings is 2. The number of nitrogens with one attached hydrogen (secondary N) is 1. The van der Waals surface area contributed by atoms with Gasteiger partial charge in [0, 0.05) is 31.7 Å². The molecule has 168 valence electrons. The van der Waals surface area contributed by atoms with E-state index in [2.05, 4.69) is 61.7 Å². The third-order valence-corrected chi connectivity index (χ3v) is 9.81. The number of hydrogen-bond donors (Lipinski definition) is 1. The number of rotatable bonds is 2. The minimum absolute atomic E-state index is 0.0634. The zero-order valence-electron chi connectivity index (χ0n) is 18.3. The molecular weight excluding hydrogens is 514 g/mol. The van der Waals surface area contributed by atoms with Crippen molar-refractivity contribution in [2.24, 2.45) is 0 Å². The van der Waals surface area contributed by atoms with Gasteiger partial charge in [-0.25, -0.2) is 4.79 Å². The summed E-state index contributed by atoms with van der Waals surface area (Å²) in [6, 6.07) is 14.3. The molecule has 1 aromatic carbocycles. The Morgan fingerprint density at radius 1 is 1.12 bits per heavy atom. The van der Waals surface area contributed by atoms with Crippen LogP contribution < -0.4 is 5.32 Å². The molecule has 1 N–H and O–H groups in total. The highest BCUT2D eigenvalue weighted by Gasteiger charge is 2.36. The van der Waals surface area contributed by atoms with E-state index >= 15 is 0 Å². The minimum atomic E-state index is -0.129. The predicted octanol–water partition coefficient (Wildman–Crippen LogP) is 7.69. The Bertz CT molecular complexity index is 1340. The highest BCUT2D eigenvalue weighted by atomic mass is 79.9. The first kappa shape index (κ1) is 21.2. The first-order chi connectivity index (χ1) is 16.1. The standard InChI is InChI=1S/C26H24BrN3OS2/c1-16-14-17(10-11-20(16)27)28-26(31)30-15-19-18-6-2-3-8-22(18)33-25(19)29-12-4-7-21(29)24(30)23-9-5-13-32-23/h4-5,7,9-14,24H,2-3,6,8,15H2,1H3,(H,28,31). The van der Waals surface area contributed by atoms with Gasteiger partial charge in [0.15, 0.2) is 0 Å². The first-order valence-corrected chi connectivity index (χ1v) is 13.8. The number of nitrogens with zero attached hydrogens (tertiary/aromatic N) is 2. The molecule has 7 heteroatoms. The summed E-state index contributed by atoms with van der Waals surface area (Å²) < 4.78 is 3.37. The molecular formula is C26H24BrN3OS2. The van der Waals surface area contributed by atoms with Crippen LogP contribution in [-0.4, -0.2) is 15.5 Å². The van der Waals surface area contributed by atoms with Crippen molar-refractivity contribution in [1.82, 2.24) is 9.47 Å². The molecule has 0 fully saturated rings. The number of halogens is 1. The molecule has 0 saturated heterocycles. The van der Waals surface area contributed by atoms with E-state index in [0.717, 1.165) is 34.3 Å². The van der Waals surface area contributed by atoms with Gasteiger partial charge in [-0.05, 0) is 85.5 Å². The van der Waals surface area contributed by atoms with Crippen LogP contribution in [0.5, 0.6) is 0 Å². The topological polar surface area (TPSA) is 37.3 Å². The molecule has 2 amide bonds. The van der Waals surface area contributed by atoms with Gasteiger partial charge in [0.05, 0.1) is 12.2 Å². The second-order valence-electron chi connectivity index (χ2n) is 8.74. The lowest BCUT2D eigenvalue weighted by atomic mass is 9.95. The van der Waals surface area contributed by atoms with E-state index < -0.39 is 0 Å². The second-order valence-corrected chi connectivity index (χ2v) is 11.7. The maximum Gasteiger partial charge on any atom is 0.323 e. The normalized spacial score (nSPS) is 17.2. The number of carbonyl (C=O) groups is 1. The number of fused-ring (bicyclic) bond motifs is 5. The summed E-state index contributed by atoms with van der Waals surface area (Å²) in [6.45, 7) is 2.66. The van der Waals surface area contributed by atoms with Crippen LogP contribution in [0.1, 0.15) is 51.0 Å². The summed E-state index contributed by atoms with van der Waals surface area (Å²) >= 11 is 7.19. The highest BCUT2D eigenvalue weighted by Crippen LogP contribution is 2.44. The number of hydrogen-bond acceptors (Lipinski definition) is 3. The molecule has 0 saturated carbocycles. The molecule has 4 heterocycles. The zero-order valence-corrected chi connectivity index (χ0v) is 21.5. The van der Waals surface area contributed by atoms with Gasteiger partial charge in [-0.1, -0.05) is 22.0 Å². The van der Waals surface area contributed by atoms with Crippen molar-refractivity contribution in [3.63, 3.8) is 0 Å². The molecule has 3 aromatic heterocycles. The summed E-state index contributed by atoms with van der Waals surface area (Å²) in [5.41, 5.74) is 5.87. The Labute approximate surface area is 210 Å². The monoisotopic (exact) mass is 537 g/mol. The molecule has 1 aliphatic heterocycles. The lowest BCUT2D eigenvalue weighted by molar-refractivity contribution is 0.195. The largest absolute Gasteiger partial charge is 0.323 e. The van der Waals surface area contributed by atoms with Crippen molar-refractivity contribution in [3.8, 4) is 5.00 Å². The Balaban J connectivity index is 1.47. The number of amides is 2. The fourth-order valence-corrected chi connectivity index (χ4v) is 7.55. The Morgan fingerprint density at radius 3 is 2.82 bits per heavy atom.